The predicted octanol–water partition coefficient (Wildman–Crippen LogP) is 1.21. The lowest BCUT2D eigenvalue weighted by Crippen LogP contribution is -2.16. The van der Waals surface area contributed by atoms with Crippen LogP contribution in [0.15, 0.2) is 24.3 Å². The molecular weight excluding hydrogens is 305 g/mol. The molecule has 2 aromatic rings. The van der Waals surface area contributed by atoms with Crippen LogP contribution >= 0.6 is 0 Å². The maximum absolute atomic E-state index is 12.9. The number of esters is 1. The Morgan fingerprint density at radius 1 is 1.35 bits per heavy atom. The fourth-order valence-electron chi connectivity index (χ4n) is 2.02. The average molecular weight is 323 g/mol. The van der Waals surface area contributed by atoms with Crippen LogP contribution in [0.3, 0.4) is 0 Å². The van der Waals surface area contributed by atoms with Gasteiger partial charge in [0.25, 0.3) is 0 Å². The molecule has 1 unspecified atom stereocenters. The molecule has 1 aromatic heterocycles. The summed E-state index contributed by atoms with van der Waals surface area (Å²) in [6.45, 7) is 2.87. The predicted molar refractivity (Wildman–Crippen MR) is 77.9 cm³/mol. The quantitative estimate of drug-likeness (QED) is 0.776. The van der Waals surface area contributed by atoms with Crippen molar-refractivity contribution in [1.82, 2.24) is 15.0 Å². The minimum absolute atomic E-state index is 0.0382. The summed E-state index contributed by atoms with van der Waals surface area (Å²) in [5.41, 5.74) is 0.543. The van der Waals surface area contributed by atoms with Crippen molar-refractivity contribution in [2.75, 3.05) is 0 Å². The lowest BCUT2D eigenvalue weighted by molar-refractivity contribution is 0.0366. The number of rotatable bonds is 6. The number of halogens is 1. The number of carbonyl (C=O) groups excluding carboxylic acids is 1. The Kier molecular flexibility index (Phi) is 5.41. The maximum Gasteiger partial charge on any atom is 0.361 e. The molecule has 0 bridgehead atoms. The van der Waals surface area contributed by atoms with Crippen molar-refractivity contribution in [1.29, 1.82) is 0 Å². The molecule has 0 spiro atoms. The first-order valence-corrected chi connectivity index (χ1v) is 7.10. The number of nitrogens with zero attached hydrogens (tertiary/aromatic N) is 3. The number of benzene rings is 1. The van der Waals surface area contributed by atoms with Gasteiger partial charge >= 0.3 is 5.97 Å². The molecule has 0 fully saturated rings. The van der Waals surface area contributed by atoms with Crippen LogP contribution in [0.5, 0.6) is 0 Å². The van der Waals surface area contributed by atoms with E-state index in [1.807, 2.05) is 0 Å². The van der Waals surface area contributed by atoms with Gasteiger partial charge in [0.2, 0.25) is 0 Å². The third-order valence-corrected chi connectivity index (χ3v) is 3.12. The minimum atomic E-state index is -0.989. The third kappa shape index (κ3) is 4.11. The summed E-state index contributed by atoms with van der Waals surface area (Å²) in [6.07, 6.45) is -1.32. The fraction of sp³-hybridized carbons (Fsp3) is 0.400. The molecule has 8 heteroatoms. The van der Waals surface area contributed by atoms with Gasteiger partial charge in [-0.2, -0.15) is 0 Å². The van der Waals surface area contributed by atoms with Crippen molar-refractivity contribution in [2.24, 2.45) is 0 Å². The van der Waals surface area contributed by atoms with E-state index in [1.165, 1.54) is 28.9 Å². The first-order chi connectivity index (χ1) is 10.9. The highest BCUT2D eigenvalue weighted by molar-refractivity contribution is 5.88. The zero-order valence-electron chi connectivity index (χ0n) is 12.8. The van der Waals surface area contributed by atoms with E-state index in [0.29, 0.717) is 5.56 Å². The third-order valence-electron chi connectivity index (χ3n) is 3.12. The Hall–Kier alpha value is -2.32. The van der Waals surface area contributed by atoms with E-state index in [9.17, 15) is 19.4 Å². The Bertz CT molecular complexity index is 670. The summed E-state index contributed by atoms with van der Waals surface area (Å²) in [5.74, 6) is -1.09. The maximum atomic E-state index is 12.9. The molecule has 2 N–H and O–H groups in total. The van der Waals surface area contributed by atoms with Gasteiger partial charge in [-0.15, -0.1) is 5.10 Å². The highest BCUT2D eigenvalue weighted by atomic mass is 19.1. The molecule has 23 heavy (non-hydrogen) atoms. The molecule has 1 atom stereocenters. The molecule has 1 aromatic carbocycles. The lowest BCUT2D eigenvalue weighted by atomic mass is 10.1. The Balaban J connectivity index is 2.18. The molecule has 0 aliphatic rings. The first kappa shape index (κ1) is 17.0. The number of hydrogen-bond acceptors (Lipinski definition) is 6. The van der Waals surface area contributed by atoms with E-state index in [2.05, 4.69) is 10.3 Å². The summed E-state index contributed by atoms with van der Waals surface area (Å²) < 4.78 is 19.2. The standard InChI is InChI=1S/C15H18FN3O4/c1-9(2)23-15(22)14-12(8-20)19(18-17-14)7-13(21)10-3-5-11(16)6-4-10/h3-6,9,13,20-21H,7-8H2,1-2H3. The van der Waals surface area contributed by atoms with Crippen LogP contribution in [-0.4, -0.2) is 37.3 Å². The smallest absolute Gasteiger partial charge is 0.361 e. The van der Waals surface area contributed by atoms with Gasteiger partial charge in [-0.25, -0.2) is 13.9 Å². The lowest BCUT2D eigenvalue weighted by Gasteiger charge is -2.12. The van der Waals surface area contributed by atoms with Crippen molar-refractivity contribution in [3.8, 4) is 0 Å². The van der Waals surface area contributed by atoms with Gasteiger partial charge in [0.05, 0.1) is 31.1 Å². The zero-order chi connectivity index (χ0) is 17.0. The summed E-state index contributed by atoms with van der Waals surface area (Å²) in [7, 11) is 0. The van der Waals surface area contributed by atoms with E-state index in [-0.39, 0.29) is 24.0 Å². The molecule has 0 amide bonds. The molecule has 124 valence electrons. The van der Waals surface area contributed by atoms with Crippen molar-refractivity contribution < 1.29 is 24.1 Å². The normalized spacial score (nSPS) is 12.4. The van der Waals surface area contributed by atoms with E-state index >= 15 is 0 Å². The van der Waals surface area contributed by atoms with Crippen molar-refractivity contribution >= 4 is 5.97 Å². The van der Waals surface area contributed by atoms with Crippen LogP contribution in [0.1, 0.15) is 41.7 Å². The molecular formula is C15H18FN3O4. The van der Waals surface area contributed by atoms with Gasteiger partial charge < -0.3 is 14.9 Å². The van der Waals surface area contributed by atoms with Gasteiger partial charge in [0, 0.05) is 0 Å². The van der Waals surface area contributed by atoms with Gasteiger partial charge in [-0.05, 0) is 31.5 Å². The second-order valence-corrected chi connectivity index (χ2v) is 5.25. The van der Waals surface area contributed by atoms with Gasteiger partial charge in [0.15, 0.2) is 5.69 Å². The van der Waals surface area contributed by atoms with E-state index in [4.69, 9.17) is 4.74 Å². The minimum Gasteiger partial charge on any atom is -0.458 e. The van der Waals surface area contributed by atoms with Crippen LogP contribution < -0.4 is 0 Å². The van der Waals surface area contributed by atoms with E-state index in [1.54, 1.807) is 13.8 Å². The molecule has 2 rings (SSSR count). The highest BCUT2D eigenvalue weighted by Crippen LogP contribution is 2.17. The number of ether oxygens (including phenoxy) is 1. The molecule has 0 saturated heterocycles. The van der Waals surface area contributed by atoms with Gasteiger partial charge in [-0.3, -0.25) is 0 Å². The monoisotopic (exact) mass is 323 g/mol. The first-order valence-electron chi connectivity index (χ1n) is 7.10. The molecule has 0 aliphatic heterocycles. The Morgan fingerprint density at radius 3 is 2.57 bits per heavy atom. The molecule has 7 nitrogen and oxygen atoms in total. The zero-order valence-corrected chi connectivity index (χ0v) is 12.8. The molecule has 0 aliphatic carbocycles. The summed E-state index contributed by atoms with van der Waals surface area (Å²) in [4.78, 5) is 11.9. The Labute approximate surface area is 132 Å². The molecule has 0 radical (unpaired) electrons. The Morgan fingerprint density at radius 2 is 2.00 bits per heavy atom. The van der Waals surface area contributed by atoms with E-state index < -0.39 is 24.5 Å². The van der Waals surface area contributed by atoms with Crippen LogP contribution in [0.4, 0.5) is 4.39 Å². The topological polar surface area (TPSA) is 97.5 Å². The fourth-order valence-corrected chi connectivity index (χ4v) is 2.02. The van der Waals surface area contributed by atoms with Crippen LogP contribution in [0.2, 0.25) is 0 Å². The highest BCUT2D eigenvalue weighted by Gasteiger charge is 2.22. The van der Waals surface area contributed by atoms with Crippen LogP contribution in [-0.2, 0) is 17.9 Å². The second kappa shape index (κ2) is 7.30. The largest absolute Gasteiger partial charge is 0.458 e. The van der Waals surface area contributed by atoms with Crippen LogP contribution in [0, 0.1) is 5.82 Å². The number of carbonyl (C=O) groups is 1. The summed E-state index contributed by atoms with van der Waals surface area (Å²) in [5, 5.41) is 27.1. The SMILES string of the molecule is CC(C)OC(=O)c1nnn(CC(O)c2ccc(F)cc2)c1CO. The number of aromatic nitrogens is 3. The van der Waals surface area contributed by atoms with Gasteiger partial charge in [-0.1, -0.05) is 17.3 Å². The number of aliphatic hydroxyl groups is 2. The summed E-state index contributed by atoms with van der Waals surface area (Å²) >= 11 is 0. The van der Waals surface area contributed by atoms with Crippen LogP contribution in [0.25, 0.3) is 0 Å². The van der Waals surface area contributed by atoms with Crippen molar-refractivity contribution in [3.63, 3.8) is 0 Å². The van der Waals surface area contributed by atoms with Crippen molar-refractivity contribution in [2.45, 2.75) is 39.2 Å². The summed E-state index contributed by atoms with van der Waals surface area (Å²) in [6, 6.07) is 5.36. The second-order valence-electron chi connectivity index (χ2n) is 5.25. The van der Waals surface area contributed by atoms with E-state index in [0.717, 1.165) is 0 Å². The van der Waals surface area contributed by atoms with Crippen molar-refractivity contribution in [3.05, 3.63) is 47.0 Å². The van der Waals surface area contributed by atoms with Gasteiger partial charge in [0.1, 0.15) is 5.82 Å². The number of aliphatic hydroxyl groups excluding tert-OH is 2. The molecule has 0 saturated carbocycles. The number of hydrogen-bond donors (Lipinski definition) is 2. The molecule has 1 heterocycles. The average Bonchev–Trinajstić information content (AvgIpc) is 2.89.